The van der Waals surface area contributed by atoms with Gasteiger partial charge in [-0.15, -0.1) is 71.8 Å². The van der Waals surface area contributed by atoms with Gasteiger partial charge in [-0.1, -0.05) is 106 Å². The summed E-state index contributed by atoms with van der Waals surface area (Å²) in [6.07, 6.45) is 7.89. The molecule has 0 aliphatic rings. The van der Waals surface area contributed by atoms with Gasteiger partial charge in [-0.3, -0.25) is 9.97 Å². The molecule has 8 rings (SSSR count). The van der Waals surface area contributed by atoms with Crippen LogP contribution in [0.5, 0.6) is 0 Å². The predicted octanol–water partition coefficient (Wildman–Crippen LogP) is 13.4. The van der Waals surface area contributed by atoms with Crippen LogP contribution in [0.2, 0.25) is 0 Å². The van der Waals surface area contributed by atoms with E-state index in [9.17, 15) is 0 Å². The first kappa shape index (κ1) is 40.6. The minimum absolute atomic E-state index is 0. The maximum atomic E-state index is 6.38. The van der Waals surface area contributed by atoms with Crippen LogP contribution in [-0.4, -0.2) is 19.1 Å². The van der Waals surface area contributed by atoms with Gasteiger partial charge >= 0.3 is 0 Å². The number of para-hydroxylation sites is 2. The zero-order valence-electron chi connectivity index (χ0n) is 34.2. The number of nitrogens with zero attached hydrogens (tertiary/aromatic N) is 4. The SMILES string of the molecule is CC(C)(C)c1cc2oc3ccccc3c2c(C(C)(C)C)c1-n1ccnc1-c1[c-]cccc1.CC(C)c1cccc(C(C)C)c1-n1ccnc1-c1[c-]cccc1.[Ir]. The predicted molar refractivity (Wildman–Crippen MR) is 229 cm³/mol. The van der Waals surface area contributed by atoms with E-state index < -0.39 is 0 Å². The third kappa shape index (κ3) is 7.83. The van der Waals surface area contributed by atoms with E-state index in [2.05, 4.69) is 162 Å². The van der Waals surface area contributed by atoms with Crippen LogP contribution in [-0.2, 0) is 30.9 Å². The van der Waals surface area contributed by atoms with Crippen LogP contribution in [0.3, 0.4) is 0 Å². The minimum atomic E-state index is -0.122. The first-order valence-electron chi connectivity index (χ1n) is 19.4. The Hall–Kier alpha value is -5.03. The van der Waals surface area contributed by atoms with E-state index in [1.807, 2.05) is 54.9 Å². The summed E-state index contributed by atoms with van der Waals surface area (Å²) < 4.78 is 10.8. The van der Waals surface area contributed by atoms with Crippen LogP contribution in [0.15, 0.2) is 126 Å². The standard InChI is InChI=1S/C29H29N2O.C21H23N2.Ir/c1-28(2,3)21-18-23-24(20-14-10-11-15-22(20)32-23)25(29(4,5)6)26(21)31-17-16-30-27(31)19-12-8-7-9-13-19;1-15(2)18-11-8-12-19(16(3)4)20(18)23-14-13-22-21(23)17-9-6-5-7-10-17;/h7-12,14-18H,1-6H3;5-9,11-16H,1-4H3;/q2*-1;. The first-order valence-corrected chi connectivity index (χ1v) is 19.4. The van der Waals surface area contributed by atoms with Crippen molar-refractivity contribution in [1.29, 1.82) is 0 Å². The van der Waals surface area contributed by atoms with Crippen molar-refractivity contribution >= 4 is 21.9 Å². The van der Waals surface area contributed by atoms with Crippen molar-refractivity contribution in [2.45, 2.75) is 91.9 Å². The monoisotopic (exact) mass is 917 g/mol. The fraction of sp³-hybridized carbons (Fsp3) is 0.280. The van der Waals surface area contributed by atoms with Crippen LogP contribution in [0, 0.1) is 12.1 Å². The van der Waals surface area contributed by atoms with Gasteiger partial charge in [0.25, 0.3) is 0 Å². The number of fused-ring (bicyclic) bond motifs is 3. The molecular formula is C50H52IrN4O-2. The summed E-state index contributed by atoms with van der Waals surface area (Å²) in [6, 6.07) is 39.9. The van der Waals surface area contributed by atoms with Crippen molar-refractivity contribution in [2.75, 3.05) is 0 Å². The molecule has 0 N–H and O–H groups in total. The quantitative estimate of drug-likeness (QED) is 0.156. The molecule has 0 aliphatic carbocycles. The van der Waals surface area contributed by atoms with E-state index in [0.717, 1.165) is 39.3 Å². The summed E-state index contributed by atoms with van der Waals surface area (Å²) in [4.78, 5) is 9.34. The van der Waals surface area contributed by atoms with Gasteiger partial charge in [0.1, 0.15) is 11.2 Å². The van der Waals surface area contributed by atoms with E-state index in [1.165, 1.54) is 39.0 Å². The van der Waals surface area contributed by atoms with E-state index in [4.69, 9.17) is 9.40 Å². The fourth-order valence-corrected chi connectivity index (χ4v) is 7.65. The number of hydrogen-bond donors (Lipinski definition) is 0. The number of imidazole rings is 2. The number of aromatic nitrogens is 4. The molecule has 0 fully saturated rings. The van der Waals surface area contributed by atoms with E-state index in [-0.39, 0.29) is 30.9 Å². The normalized spacial score (nSPS) is 11.9. The van der Waals surface area contributed by atoms with Gasteiger partial charge in [0.15, 0.2) is 0 Å². The Morgan fingerprint density at radius 2 is 1.11 bits per heavy atom. The van der Waals surface area contributed by atoms with Crippen molar-refractivity contribution in [2.24, 2.45) is 0 Å². The Morgan fingerprint density at radius 3 is 1.59 bits per heavy atom. The van der Waals surface area contributed by atoms with Gasteiger partial charge in [-0.25, -0.2) is 0 Å². The molecule has 5 aromatic carbocycles. The van der Waals surface area contributed by atoms with E-state index in [0.29, 0.717) is 11.8 Å². The van der Waals surface area contributed by atoms with Crippen molar-refractivity contribution in [3.05, 3.63) is 156 Å². The second-order valence-electron chi connectivity index (χ2n) is 17.0. The molecule has 6 heteroatoms. The zero-order chi connectivity index (χ0) is 39.1. The average molecular weight is 917 g/mol. The van der Waals surface area contributed by atoms with Gasteiger partial charge in [0.2, 0.25) is 0 Å². The molecule has 5 nitrogen and oxygen atoms in total. The number of hydrogen-bond acceptors (Lipinski definition) is 3. The topological polar surface area (TPSA) is 48.8 Å². The van der Waals surface area contributed by atoms with Crippen LogP contribution in [0.4, 0.5) is 0 Å². The maximum absolute atomic E-state index is 6.38. The Kier molecular flexibility index (Phi) is 11.8. The van der Waals surface area contributed by atoms with Crippen molar-refractivity contribution in [3.63, 3.8) is 0 Å². The van der Waals surface area contributed by atoms with Crippen LogP contribution < -0.4 is 0 Å². The third-order valence-electron chi connectivity index (χ3n) is 10.2. The average Bonchev–Trinajstić information content (AvgIpc) is 3.93. The zero-order valence-corrected chi connectivity index (χ0v) is 36.6. The molecule has 0 saturated heterocycles. The molecule has 0 aliphatic heterocycles. The smallest absolute Gasteiger partial charge is 0.136 e. The molecule has 0 bridgehead atoms. The molecule has 0 unspecified atom stereocenters. The molecule has 56 heavy (non-hydrogen) atoms. The van der Waals surface area contributed by atoms with Gasteiger partial charge in [-0.05, 0) is 57.1 Å². The fourth-order valence-electron chi connectivity index (χ4n) is 7.65. The van der Waals surface area contributed by atoms with Crippen LogP contribution in [0.25, 0.3) is 56.1 Å². The molecule has 0 atom stereocenters. The largest absolute Gasteiger partial charge is 0.456 e. The summed E-state index contributed by atoms with van der Waals surface area (Å²) in [5, 5.41) is 2.34. The molecule has 0 saturated carbocycles. The Labute approximate surface area is 346 Å². The third-order valence-corrected chi connectivity index (χ3v) is 10.2. The van der Waals surface area contributed by atoms with E-state index >= 15 is 0 Å². The van der Waals surface area contributed by atoms with Gasteiger partial charge < -0.3 is 13.6 Å². The second-order valence-corrected chi connectivity index (χ2v) is 17.0. The Bertz CT molecular complexity index is 2530. The molecule has 0 spiro atoms. The van der Waals surface area contributed by atoms with Crippen molar-refractivity contribution in [1.82, 2.24) is 19.1 Å². The summed E-state index contributed by atoms with van der Waals surface area (Å²) in [5.74, 6) is 2.76. The molecule has 289 valence electrons. The van der Waals surface area contributed by atoms with Crippen molar-refractivity contribution < 1.29 is 24.5 Å². The van der Waals surface area contributed by atoms with E-state index in [1.54, 1.807) is 0 Å². The molecular weight excluding hydrogens is 865 g/mol. The summed E-state index contributed by atoms with van der Waals surface area (Å²) in [7, 11) is 0. The number of furan rings is 1. The maximum Gasteiger partial charge on any atom is 0.136 e. The molecule has 3 aromatic heterocycles. The Morgan fingerprint density at radius 1 is 0.589 bits per heavy atom. The Balaban J connectivity index is 0.000000197. The van der Waals surface area contributed by atoms with Gasteiger partial charge in [-0.2, -0.15) is 0 Å². The summed E-state index contributed by atoms with van der Waals surface area (Å²) >= 11 is 0. The molecule has 1 radical (unpaired) electrons. The van der Waals surface area contributed by atoms with Crippen LogP contribution >= 0.6 is 0 Å². The number of rotatable bonds is 6. The molecule has 8 aromatic rings. The second kappa shape index (κ2) is 16.2. The minimum Gasteiger partial charge on any atom is -0.456 e. The summed E-state index contributed by atoms with van der Waals surface area (Å²) in [6.45, 7) is 22.6. The van der Waals surface area contributed by atoms with Crippen molar-refractivity contribution in [3.8, 4) is 34.2 Å². The first-order chi connectivity index (χ1) is 26.3. The molecule has 0 amide bonds. The van der Waals surface area contributed by atoms with Gasteiger partial charge in [0, 0.05) is 67.0 Å². The van der Waals surface area contributed by atoms with Crippen LogP contribution in [0.1, 0.15) is 103 Å². The van der Waals surface area contributed by atoms with Gasteiger partial charge in [0.05, 0.1) is 11.6 Å². The molecule has 3 heterocycles. The summed E-state index contributed by atoms with van der Waals surface area (Å²) in [5.41, 5.74) is 11.3. The number of benzene rings is 5.